The van der Waals surface area contributed by atoms with E-state index in [4.69, 9.17) is 10.5 Å². The van der Waals surface area contributed by atoms with Gasteiger partial charge in [0.25, 0.3) is 0 Å². The first kappa shape index (κ1) is 18.7. The molecule has 1 saturated carbocycles. The number of nitrogens with two attached hydrogens (primary N) is 1. The minimum atomic E-state index is -0.323. The van der Waals surface area contributed by atoms with Gasteiger partial charge in [0, 0.05) is 19.0 Å². The minimum absolute atomic E-state index is 0. The molecule has 1 aromatic rings. The van der Waals surface area contributed by atoms with Crippen LogP contribution in [0.3, 0.4) is 0 Å². The fraction of sp³-hybridized carbons (Fsp3) is 0.562. The molecule has 1 amide bonds. The summed E-state index contributed by atoms with van der Waals surface area (Å²) >= 11 is 0. The number of carbonyl (C=O) groups excluding carboxylic acids is 1. The van der Waals surface area contributed by atoms with E-state index in [0.717, 1.165) is 25.7 Å². The molecule has 0 bridgehead atoms. The third kappa shape index (κ3) is 5.46. The number of hydrogen-bond acceptors (Lipinski definition) is 3. The Labute approximate surface area is 137 Å². The summed E-state index contributed by atoms with van der Waals surface area (Å²) in [5.74, 6) is 0.186. The number of rotatable bonds is 7. The summed E-state index contributed by atoms with van der Waals surface area (Å²) in [5, 5.41) is 3.07. The summed E-state index contributed by atoms with van der Waals surface area (Å²) in [6, 6.07) is 6.00. The second-order valence-corrected chi connectivity index (χ2v) is 5.65. The lowest BCUT2D eigenvalue weighted by Gasteiger charge is -2.28. The summed E-state index contributed by atoms with van der Waals surface area (Å²) in [5.41, 5.74) is 5.59. The van der Waals surface area contributed by atoms with Crippen LogP contribution in [-0.4, -0.2) is 24.6 Å². The van der Waals surface area contributed by atoms with Gasteiger partial charge in [-0.15, -0.1) is 12.4 Å². The quantitative estimate of drug-likeness (QED) is 0.756. The molecule has 0 heterocycles. The van der Waals surface area contributed by atoms with E-state index in [2.05, 4.69) is 5.32 Å². The Bertz CT molecular complexity index is 479. The van der Waals surface area contributed by atoms with Crippen LogP contribution < -0.4 is 15.8 Å². The summed E-state index contributed by atoms with van der Waals surface area (Å²) in [6.07, 6.45) is 5.18. The van der Waals surface area contributed by atoms with Crippen molar-refractivity contribution >= 4 is 18.3 Å². The van der Waals surface area contributed by atoms with Crippen molar-refractivity contribution in [3.05, 3.63) is 30.1 Å². The van der Waals surface area contributed by atoms with Crippen molar-refractivity contribution in [3.8, 4) is 5.75 Å². The van der Waals surface area contributed by atoms with Crippen molar-refractivity contribution in [2.45, 2.75) is 44.1 Å². The summed E-state index contributed by atoms with van der Waals surface area (Å²) < 4.78 is 18.4. The standard InChI is InChI=1S/C16H23FN2O2.ClH/c17-13-5-3-6-14(11-13)21-10-4-7-15(20)19-16(12-18)8-1-2-9-16;/h3,5-6,11H,1-2,4,7-10,12,18H2,(H,19,20);1H. The SMILES string of the molecule is Cl.NCC1(NC(=O)CCCOc2cccc(F)c2)CCCC1. The number of halogens is 2. The zero-order valence-electron chi connectivity index (χ0n) is 12.6. The maximum absolute atomic E-state index is 13.0. The van der Waals surface area contributed by atoms with Gasteiger partial charge >= 0.3 is 0 Å². The van der Waals surface area contributed by atoms with Crippen LogP contribution in [0.2, 0.25) is 0 Å². The van der Waals surface area contributed by atoms with Crippen LogP contribution in [-0.2, 0) is 4.79 Å². The molecule has 124 valence electrons. The van der Waals surface area contributed by atoms with Gasteiger partial charge in [-0.2, -0.15) is 0 Å². The molecule has 0 spiro atoms. The number of ether oxygens (including phenoxy) is 1. The van der Waals surface area contributed by atoms with E-state index in [1.807, 2.05) is 0 Å². The molecule has 6 heteroatoms. The largest absolute Gasteiger partial charge is 0.493 e. The molecule has 2 rings (SSSR count). The fourth-order valence-electron chi connectivity index (χ4n) is 2.77. The zero-order chi connectivity index (χ0) is 15.1. The van der Waals surface area contributed by atoms with Crippen LogP contribution in [0.1, 0.15) is 38.5 Å². The molecular weight excluding hydrogens is 307 g/mol. The highest BCUT2D eigenvalue weighted by atomic mass is 35.5. The molecule has 3 N–H and O–H groups in total. The molecule has 1 aliphatic rings. The van der Waals surface area contributed by atoms with E-state index in [1.54, 1.807) is 12.1 Å². The summed E-state index contributed by atoms with van der Waals surface area (Å²) in [6.45, 7) is 0.894. The van der Waals surface area contributed by atoms with Crippen LogP contribution in [0.5, 0.6) is 5.75 Å². The lowest BCUT2D eigenvalue weighted by molar-refractivity contribution is -0.123. The van der Waals surface area contributed by atoms with Gasteiger partial charge in [-0.3, -0.25) is 4.79 Å². The van der Waals surface area contributed by atoms with Gasteiger partial charge < -0.3 is 15.8 Å². The second kappa shape index (κ2) is 8.96. The first-order valence-corrected chi connectivity index (χ1v) is 7.53. The van der Waals surface area contributed by atoms with Gasteiger partial charge in [0.05, 0.1) is 12.1 Å². The minimum Gasteiger partial charge on any atom is -0.493 e. The lowest BCUT2D eigenvalue weighted by atomic mass is 9.97. The Morgan fingerprint density at radius 2 is 2.09 bits per heavy atom. The number of benzene rings is 1. The molecule has 4 nitrogen and oxygen atoms in total. The fourth-order valence-corrected chi connectivity index (χ4v) is 2.77. The van der Waals surface area contributed by atoms with Crippen LogP contribution in [0, 0.1) is 5.82 Å². The smallest absolute Gasteiger partial charge is 0.220 e. The molecule has 1 fully saturated rings. The monoisotopic (exact) mass is 330 g/mol. The van der Waals surface area contributed by atoms with Crippen LogP contribution in [0.15, 0.2) is 24.3 Å². The van der Waals surface area contributed by atoms with Crippen molar-refractivity contribution < 1.29 is 13.9 Å². The van der Waals surface area contributed by atoms with Crippen molar-refractivity contribution in [1.82, 2.24) is 5.32 Å². The maximum atomic E-state index is 13.0. The van der Waals surface area contributed by atoms with Crippen LogP contribution in [0.25, 0.3) is 0 Å². The average Bonchev–Trinajstić information content (AvgIpc) is 2.93. The van der Waals surface area contributed by atoms with Crippen molar-refractivity contribution in [1.29, 1.82) is 0 Å². The predicted octanol–water partition coefficient (Wildman–Crippen LogP) is 2.79. The molecule has 1 aromatic carbocycles. The summed E-state index contributed by atoms with van der Waals surface area (Å²) in [4.78, 5) is 11.9. The first-order chi connectivity index (χ1) is 10.1. The molecule has 0 radical (unpaired) electrons. The Morgan fingerprint density at radius 1 is 1.36 bits per heavy atom. The second-order valence-electron chi connectivity index (χ2n) is 5.65. The maximum Gasteiger partial charge on any atom is 0.220 e. The normalized spacial score (nSPS) is 15.9. The van der Waals surface area contributed by atoms with Crippen LogP contribution in [0.4, 0.5) is 4.39 Å². The molecule has 22 heavy (non-hydrogen) atoms. The van der Waals surface area contributed by atoms with Gasteiger partial charge in [0.15, 0.2) is 0 Å². The van der Waals surface area contributed by atoms with E-state index in [9.17, 15) is 9.18 Å². The van der Waals surface area contributed by atoms with Gasteiger partial charge in [0.2, 0.25) is 5.91 Å². The highest BCUT2D eigenvalue weighted by molar-refractivity contribution is 5.85. The highest BCUT2D eigenvalue weighted by Gasteiger charge is 2.33. The zero-order valence-corrected chi connectivity index (χ0v) is 13.5. The van der Waals surface area contributed by atoms with Crippen molar-refractivity contribution in [3.63, 3.8) is 0 Å². The van der Waals surface area contributed by atoms with Crippen molar-refractivity contribution in [2.24, 2.45) is 5.73 Å². The van der Waals surface area contributed by atoms with Gasteiger partial charge in [-0.05, 0) is 31.4 Å². The van der Waals surface area contributed by atoms with Gasteiger partial charge in [-0.25, -0.2) is 4.39 Å². The van der Waals surface area contributed by atoms with E-state index in [0.29, 0.717) is 31.7 Å². The predicted molar refractivity (Wildman–Crippen MR) is 86.8 cm³/mol. The Morgan fingerprint density at radius 3 is 2.73 bits per heavy atom. The molecule has 0 aliphatic heterocycles. The highest BCUT2D eigenvalue weighted by Crippen LogP contribution is 2.28. The number of amides is 1. The van der Waals surface area contributed by atoms with E-state index in [1.165, 1.54) is 12.1 Å². The van der Waals surface area contributed by atoms with E-state index in [-0.39, 0.29) is 29.7 Å². The lowest BCUT2D eigenvalue weighted by Crippen LogP contribution is -2.51. The first-order valence-electron chi connectivity index (χ1n) is 7.53. The third-order valence-electron chi connectivity index (χ3n) is 3.97. The topological polar surface area (TPSA) is 64.3 Å². The van der Waals surface area contributed by atoms with Gasteiger partial charge in [-0.1, -0.05) is 18.9 Å². The summed E-state index contributed by atoms with van der Waals surface area (Å²) in [7, 11) is 0. The molecule has 0 saturated heterocycles. The molecular formula is C16H24ClFN2O2. The van der Waals surface area contributed by atoms with Crippen molar-refractivity contribution in [2.75, 3.05) is 13.2 Å². The van der Waals surface area contributed by atoms with Gasteiger partial charge in [0.1, 0.15) is 11.6 Å². The Hall–Kier alpha value is -1.33. The van der Waals surface area contributed by atoms with E-state index >= 15 is 0 Å². The Kier molecular flexibility index (Phi) is 7.62. The molecule has 1 aliphatic carbocycles. The van der Waals surface area contributed by atoms with E-state index < -0.39 is 0 Å². The number of hydrogen-bond donors (Lipinski definition) is 2. The van der Waals surface area contributed by atoms with Crippen LogP contribution >= 0.6 is 12.4 Å². The molecule has 0 atom stereocenters. The Balaban J connectivity index is 0.00000242. The molecule has 0 unspecified atom stereocenters. The molecule has 0 aromatic heterocycles. The third-order valence-corrected chi connectivity index (χ3v) is 3.97. The average molecular weight is 331 g/mol. The number of nitrogens with one attached hydrogen (secondary N) is 1. The number of carbonyl (C=O) groups is 1.